The Kier molecular flexibility index (Phi) is 7.45. The molecular weight excluding hydrogens is 378 g/mol. The van der Waals surface area contributed by atoms with E-state index in [2.05, 4.69) is 19.2 Å². The highest BCUT2D eigenvalue weighted by atomic mass is 32.2. The molecule has 0 fully saturated rings. The van der Waals surface area contributed by atoms with E-state index in [1.807, 2.05) is 18.2 Å². The minimum Gasteiger partial charge on any atom is -0.493 e. The zero-order valence-electron chi connectivity index (χ0n) is 16.7. The van der Waals surface area contributed by atoms with E-state index in [0.717, 1.165) is 18.2 Å². The van der Waals surface area contributed by atoms with Gasteiger partial charge < -0.3 is 14.8 Å². The summed E-state index contributed by atoms with van der Waals surface area (Å²) in [6.45, 7) is 5.17. The Morgan fingerprint density at radius 1 is 1.11 bits per heavy atom. The van der Waals surface area contributed by atoms with E-state index in [9.17, 15) is 13.2 Å². The Bertz CT molecular complexity index is 922. The number of methoxy groups -OCH3 is 1. The molecule has 0 bridgehead atoms. The summed E-state index contributed by atoms with van der Waals surface area (Å²) in [6.07, 6.45) is 2.06. The lowest BCUT2D eigenvalue weighted by Gasteiger charge is -2.13. The van der Waals surface area contributed by atoms with Gasteiger partial charge in [0.15, 0.2) is 21.3 Å². The molecule has 6 nitrogen and oxygen atoms in total. The predicted octanol–water partition coefficient (Wildman–Crippen LogP) is 3.45. The second kappa shape index (κ2) is 9.59. The molecule has 2 rings (SSSR count). The first-order valence-electron chi connectivity index (χ1n) is 9.08. The van der Waals surface area contributed by atoms with Crippen molar-refractivity contribution in [2.24, 2.45) is 5.92 Å². The van der Waals surface area contributed by atoms with Crippen molar-refractivity contribution in [1.29, 1.82) is 0 Å². The van der Waals surface area contributed by atoms with Crippen LogP contribution in [0.1, 0.15) is 36.2 Å². The van der Waals surface area contributed by atoms with Crippen LogP contribution < -0.4 is 14.8 Å². The molecule has 0 radical (unpaired) electrons. The van der Waals surface area contributed by atoms with Crippen molar-refractivity contribution >= 4 is 15.7 Å². The molecular formula is C21H27NO5S. The van der Waals surface area contributed by atoms with Gasteiger partial charge in [-0.15, -0.1) is 0 Å². The summed E-state index contributed by atoms with van der Waals surface area (Å²) in [6, 6.07) is 11.5. The summed E-state index contributed by atoms with van der Waals surface area (Å²) in [7, 11) is -1.79. The molecule has 0 aliphatic carbocycles. The molecule has 0 spiro atoms. The first kappa shape index (κ1) is 21.8. The zero-order chi connectivity index (χ0) is 20.7. The number of benzene rings is 2. The van der Waals surface area contributed by atoms with Crippen LogP contribution in [-0.2, 0) is 16.4 Å². The van der Waals surface area contributed by atoms with Gasteiger partial charge in [-0.05, 0) is 48.2 Å². The van der Waals surface area contributed by atoms with Crippen molar-refractivity contribution in [3.8, 4) is 11.5 Å². The van der Waals surface area contributed by atoms with Gasteiger partial charge in [-0.1, -0.05) is 26.0 Å². The van der Waals surface area contributed by atoms with Crippen LogP contribution in [0.2, 0.25) is 0 Å². The number of carbonyl (C=O) groups excluding carboxylic acids is 1. The van der Waals surface area contributed by atoms with E-state index in [-0.39, 0.29) is 17.3 Å². The maximum atomic E-state index is 12.4. The average molecular weight is 406 g/mol. The SMILES string of the molecule is COc1cc(CNC(=O)c2cccc(S(C)(=O)=O)c2)ccc1OCCC(C)C. The van der Waals surface area contributed by atoms with Crippen molar-refractivity contribution < 1.29 is 22.7 Å². The quantitative estimate of drug-likeness (QED) is 0.691. The predicted molar refractivity (Wildman–Crippen MR) is 109 cm³/mol. The molecule has 1 N–H and O–H groups in total. The number of ether oxygens (including phenoxy) is 2. The average Bonchev–Trinajstić information content (AvgIpc) is 2.65. The minimum absolute atomic E-state index is 0.115. The summed E-state index contributed by atoms with van der Waals surface area (Å²) < 4.78 is 34.4. The van der Waals surface area contributed by atoms with Gasteiger partial charge in [0.1, 0.15) is 0 Å². The topological polar surface area (TPSA) is 81.7 Å². The second-order valence-corrected chi connectivity index (χ2v) is 9.01. The molecule has 1 amide bonds. The van der Waals surface area contributed by atoms with E-state index in [1.165, 1.54) is 12.1 Å². The molecule has 0 unspecified atom stereocenters. The Balaban J connectivity index is 2.03. The normalized spacial score (nSPS) is 11.3. The van der Waals surface area contributed by atoms with Gasteiger partial charge in [0.2, 0.25) is 0 Å². The van der Waals surface area contributed by atoms with Crippen molar-refractivity contribution in [2.75, 3.05) is 20.0 Å². The van der Waals surface area contributed by atoms with E-state index in [1.54, 1.807) is 19.2 Å². The molecule has 0 heterocycles. The Morgan fingerprint density at radius 2 is 1.86 bits per heavy atom. The zero-order valence-corrected chi connectivity index (χ0v) is 17.5. The summed E-state index contributed by atoms with van der Waals surface area (Å²) in [5, 5.41) is 2.79. The van der Waals surface area contributed by atoms with Crippen LogP contribution in [0.3, 0.4) is 0 Å². The third kappa shape index (κ3) is 6.27. The fourth-order valence-corrected chi connectivity index (χ4v) is 3.16. The number of hydrogen-bond donors (Lipinski definition) is 1. The third-order valence-electron chi connectivity index (χ3n) is 4.16. The van der Waals surface area contributed by atoms with Crippen LogP contribution in [0, 0.1) is 5.92 Å². The highest BCUT2D eigenvalue weighted by molar-refractivity contribution is 7.90. The van der Waals surface area contributed by atoms with Crippen molar-refractivity contribution in [3.05, 3.63) is 53.6 Å². The highest BCUT2D eigenvalue weighted by Gasteiger charge is 2.12. The Hall–Kier alpha value is -2.54. The van der Waals surface area contributed by atoms with Gasteiger partial charge in [0.25, 0.3) is 5.91 Å². The van der Waals surface area contributed by atoms with Crippen molar-refractivity contribution in [1.82, 2.24) is 5.32 Å². The van der Waals surface area contributed by atoms with Crippen LogP contribution in [0.25, 0.3) is 0 Å². The van der Waals surface area contributed by atoms with Crippen LogP contribution in [-0.4, -0.2) is 34.3 Å². The Morgan fingerprint density at radius 3 is 2.50 bits per heavy atom. The van der Waals surface area contributed by atoms with Crippen LogP contribution >= 0.6 is 0 Å². The largest absolute Gasteiger partial charge is 0.493 e. The van der Waals surface area contributed by atoms with E-state index < -0.39 is 9.84 Å². The third-order valence-corrected chi connectivity index (χ3v) is 5.27. The molecule has 28 heavy (non-hydrogen) atoms. The number of amides is 1. The molecule has 2 aromatic rings. The molecule has 152 valence electrons. The van der Waals surface area contributed by atoms with E-state index >= 15 is 0 Å². The maximum Gasteiger partial charge on any atom is 0.251 e. The summed E-state index contributed by atoms with van der Waals surface area (Å²) >= 11 is 0. The molecule has 2 aromatic carbocycles. The second-order valence-electron chi connectivity index (χ2n) is 7.00. The van der Waals surface area contributed by atoms with Gasteiger partial charge in [0, 0.05) is 18.4 Å². The van der Waals surface area contributed by atoms with E-state index in [0.29, 0.717) is 29.6 Å². The standard InChI is InChI=1S/C21H27NO5S/c1-15(2)10-11-27-19-9-8-16(12-20(19)26-3)14-22-21(23)17-6-5-7-18(13-17)28(4,24)25/h5-9,12-13,15H,10-11,14H2,1-4H3,(H,22,23). The van der Waals surface area contributed by atoms with Gasteiger partial charge in [-0.2, -0.15) is 0 Å². The number of hydrogen-bond acceptors (Lipinski definition) is 5. The number of rotatable bonds is 9. The molecule has 7 heteroatoms. The van der Waals surface area contributed by atoms with E-state index in [4.69, 9.17) is 9.47 Å². The van der Waals surface area contributed by atoms with Crippen molar-refractivity contribution in [3.63, 3.8) is 0 Å². The van der Waals surface area contributed by atoms with Crippen LogP contribution in [0.4, 0.5) is 0 Å². The maximum absolute atomic E-state index is 12.4. The fourth-order valence-electron chi connectivity index (χ4n) is 2.50. The molecule has 0 aliphatic heterocycles. The molecule has 0 saturated heterocycles. The number of nitrogens with one attached hydrogen (secondary N) is 1. The lowest BCUT2D eigenvalue weighted by atomic mass is 10.1. The summed E-state index contributed by atoms with van der Waals surface area (Å²) in [5.74, 6) is 1.48. The molecule has 0 atom stereocenters. The Labute approximate surface area is 166 Å². The number of sulfone groups is 1. The molecule has 0 aromatic heterocycles. The molecule has 0 aliphatic rings. The van der Waals surface area contributed by atoms with Crippen LogP contribution in [0.15, 0.2) is 47.4 Å². The smallest absolute Gasteiger partial charge is 0.251 e. The van der Waals surface area contributed by atoms with Gasteiger partial charge in [-0.25, -0.2) is 8.42 Å². The minimum atomic E-state index is -3.36. The van der Waals surface area contributed by atoms with Crippen molar-refractivity contribution in [2.45, 2.75) is 31.7 Å². The first-order chi connectivity index (χ1) is 13.2. The monoisotopic (exact) mass is 405 g/mol. The summed E-state index contributed by atoms with van der Waals surface area (Å²) in [4.78, 5) is 12.5. The lowest BCUT2D eigenvalue weighted by Crippen LogP contribution is -2.23. The first-order valence-corrected chi connectivity index (χ1v) is 11.0. The van der Waals surface area contributed by atoms with Crippen LogP contribution in [0.5, 0.6) is 11.5 Å². The molecule has 0 saturated carbocycles. The van der Waals surface area contributed by atoms with Gasteiger partial charge in [-0.3, -0.25) is 4.79 Å². The summed E-state index contributed by atoms with van der Waals surface area (Å²) in [5.41, 5.74) is 1.14. The number of carbonyl (C=O) groups is 1. The fraction of sp³-hybridized carbons (Fsp3) is 0.381. The van der Waals surface area contributed by atoms with Gasteiger partial charge in [0.05, 0.1) is 18.6 Å². The van der Waals surface area contributed by atoms with Gasteiger partial charge >= 0.3 is 0 Å². The lowest BCUT2D eigenvalue weighted by molar-refractivity contribution is 0.0950. The highest BCUT2D eigenvalue weighted by Crippen LogP contribution is 2.28.